The zero-order valence-corrected chi connectivity index (χ0v) is 15.1. The Kier molecular flexibility index (Phi) is 3.59. The van der Waals surface area contributed by atoms with Crippen molar-refractivity contribution in [2.24, 2.45) is 5.73 Å². The molecule has 0 spiro atoms. The van der Waals surface area contributed by atoms with E-state index in [-0.39, 0.29) is 40.2 Å². The number of H-pyrrole nitrogens is 1. The molecule has 2 aliphatic rings. The molecule has 2 heterocycles. The Labute approximate surface area is 152 Å². The van der Waals surface area contributed by atoms with Gasteiger partial charge in [-0.3, -0.25) is 14.0 Å². The lowest BCUT2D eigenvalue weighted by Crippen LogP contribution is -2.26. The maximum absolute atomic E-state index is 14.9. The molecule has 0 radical (unpaired) electrons. The van der Waals surface area contributed by atoms with Crippen molar-refractivity contribution in [1.29, 1.82) is 0 Å². The van der Waals surface area contributed by atoms with Crippen molar-refractivity contribution in [3.8, 4) is 0 Å². The summed E-state index contributed by atoms with van der Waals surface area (Å²) in [5, 5.41) is 0.465. The van der Waals surface area contributed by atoms with Gasteiger partial charge in [-0.25, -0.2) is 4.39 Å². The minimum atomic E-state index is -0.378. The lowest BCUT2D eigenvalue weighted by molar-refractivity contribution is 0.387. The van der Waals surface area contributed by atoms with Crippen molar-refractivity contribution in [2.45, 2.75) is 56.5 Å². The average molecular weight is 373 g/mol. The number of halogens is 1. The molecule has 0 bridgehead atoms. The summed E-state index contributed by atoms with van der Waals surface area (Å²) in [7, 11) is 0. The van der Waals surface area contributed by atoms with Crippen LogP contribution in [0.1, 0.15) is 56.0 Å². The van der Waals surface area contributed by atoms with E-state index in [2.05, 4.69) is 8.94 Å². The van der Waals surface area contributed by atoms with E-state index in [0.29, 0.717) is 15.8 Å². The Balaban J connectivity index is 1.80. The Hall–Kier alpha value is -1.99. The van der Waals surface area contributed by atoms with Crippen LogP contribution in [0.5, 0.6) is 0 Å². The number of aromatic amines is 1. The Morgan fingerprint density at radius 2 is 1.85 bits per heavy atom. The second-order valence-electron chi connectivity index (χ2n) is 7.65. The van der Waals surface area contributed by atoms with Crippen molar-refractivity contribution < 1.29 is 4.39 Å². The molecule has 3 aromatic rings. The van der Waals surface area contributed by atoms with E-state index < -0.39 is 0 Å². The van der Waals surface area contributed by atoms with Crippen LogP contribution in [0.25, 0.3) is 21.1 Å². The highest BCUT2D eigenvalue weighted by Gasteiger charge is 2.30. The number of nitrogens with two attached hydrogens (primary N) is 1. The minimum absolute atomic E-state index is 0.141. The molecule has 7 heteroatoms. The highest BCUT2D eigenvalue weighted by molar-refractivity contribution is 7.12. The smallest absolute Gasteiger partial charge is 0.271 e. The average Bonchev–Trinajstić information content (AvgIpc) is 3.39. The highest BCUT2D eigenvalue weighted by atomic mass is 32.1. The largest absolute Gasteiger partial charge is 0.328 e. The van der Waals surface area contributed by atoms with E-state index in [1.807, 2.05) is 6.07 Å². The normalized spacial score (nSPS) is 23.8. The Morgan fingerprint density at radius 3 is 2.54 bits per heavy atom. The second-order valence-corrected chi connectivity index (χ2v) is 8.44. The van der Waals surface area contributed by atoms with E-state index in [1.165, 1.54) is 17.6 Å². The molecule has 0 atom stereocenters. The number of aromatic nitrogens is 2. The summed E-state index contributed by atoms with van der Waals surface area (Å²) in [6.07, 6.45) is 5.58. The van der Waals surface area contributed by atoms with Crippen LogP contribution in [0.2, 0.25) is 0 Å². The van der Waals surface area contributed by atoms with Crippen molar-refractivity contribution in [3.63, 3.8) is 0 Å². The van der Waals surface area contributed by atoms with Crippen LogP contribution in [0, 0.1) is 5.82 Å². The van der Waals surface area contributed by atoms with Gasteiger partial charge in [0, 0.05) is 17.5 Å². The maximum atomic E-state index is 14.9. The van der Waals surface area contributed by atoms with Crippen molar-refractivity contribution in [3.05, 3.63) is 44.1 Å². The van der Waals surface area contributed by atoms with E-state index >= 15 is 0 Å². The molecular formula is C19H20FN3O2S. The van der Waals surface area contributed by atoms with Crippen molar-refractivity contribution in [2.75, 3.05) is 0 Å². The fourth-order valence-corrected chi connectivity index (χ4v) is 5.23. The number of rotatable bonds is 2. The van der Waals surface area contributed by atoms with E-state index in [4.69, 9.17) is 5.73 Å². The first-order chi connectivity index (χ1) is 12.5. The van der Waals surface area contributed by atoms with Crippen LogP contribution in [-0.4, -0.2) is 15.0 Å². The summed E-state index contributed by atoms with van der Waals surface area (Å²) < 4.78 is 19.6. The fourth-order valence-electron chi connectivity index (χ4n) is 4.31. The molecule has 0 unspecified atom stereocenters. The highest BCUT2D eigenvalue weighted by Crippen LogP contribution is 2.41. The topological polar surface area (TPSA) is 80.9 Å². The van der Waals surface area contributed by atoms with Gasteiger partial charge >= 0.3 is 0 Å². The molecule has 5 nitrogen and oxygen atoms in total. The summed E-state index contributed by atoms with van der Waals surface area (Å²) in [5.41, 5.74) is 6.68. The lowest BCUT2D eigenvalue weighted by Gasteiger charge is -2.27. The van der Waals surface area contributed by atoms with Gasteiger partial charge in [-0.1, -0.05) is 0 Å². The van der Waals surface area contributed by atoms with Crippen LogP contribution >= 0.6 is 11.5 Å². The third-order valence-corrected chi connectivity index (χ3v) is 6.75. The molecule has 0 amide bonds. The van der Waals surface area contributed by atoms with E-state index in [1.54, 1.807) is 0 Å². The number of fused-ring (bicyclic) bond motifs is 2. The Morgan fingerprint density at radius 1 is 1.12 bits per heavy atom. The van der Waals surface area contributed by atoms with Crippen molar-refractivity contribution in [1.82, 2.24) is 8.94 Å². The van der Waals surface area contributed by atoms with E-state index in [0.717, 1.165) is 44.0 Å². The molecule has 2 saturated carbocycles. The van der Waals surface area contributed by atoms with Crippen LogP contribution in [0.3, 0.4) is 0 Å². The number of nitrogens with one attached hydrogen (secondary N) is 1. The van der Waals surface area contributed by atoms with Crippen LogP contribution in [0.4, 0.5) is 4.39 Å². The molecule has 2 aromatic heterocycles. The molecule has 0 aliphatic heterocycles. The standard InChI is InChI=1S/C19H20FN3O2S/c20-14-7-13-15(8-12(14)9-1-3-10(21)4-2-9)23(11-5-6-11)19-16(17(13)24)18(25)22-26-19/h7-11H,1-6,21H2,(H,22,25). The quantitative estimate of drug-likeness (QED) is 0.723. The van der Waals surface area contributed by atoms with Gasteiger partial charge in [0.05, 0.1) is 5.52 Å². The number of nitrogens with zero attached hydrogens (tertiary/aromatic N) is 1. The van der Waals surface area contributed by atoms with Crippen LogP contribution in [-0.2, 0) is 0 Å². The number of pyridine rings is 1. The maximum Gasteiger partial charge on any atom is 0.271 e. The minimum Gasteiger partial charge on any atom is -0.328 e. The van der Waals surface area contributed by atoms with Gasteiger partial charge in [-0.15, -0.1) is 0 Å². The molecule has 5 rings (SSSR count). The molecule has 3 N–H and O–H groups in total. The fraction of sp³-hybridized carbons (Fsp3) is 0.474. The third kappa shape index (κ3) is 2.37. The summed E-state index contributed by atoms with van der Waals surface area (Å²) in [4.78, 5) is 25.6. The molecular weight excluding hydrogens is 353 g/mol. The lowest BCUT2D eigenvalue weighted by atomic mass is 9.81. The third-order valence-electron chi connectivity index (χ3n) is 5.87. The molecule has 0 saturated heterocycles. The molecule has 136 valence electrons. The first-order valence-electron chi connectivity index (χ1n) is 9.19. The van der Waals surface area contributed by atoms with Gasteiger partial charge in [0.25, 0.3) is 5.56 Å². The molecule has 2 fully saturated rings. The van der Waals surface area contributed by atoms with Gasteiger partial charge < -0.3 is 10.3 Å². The van der Waals surface area contributed by atoms with E-state index in [9.17, 15) is 14.0 Å². The van der Waals surface area contributed by atoms with Gasteiger partial charge in [0.2, 0.25) is 5.43 Å². The Bertz CT molecular complexity index is 1130. The molecule has 26 heavy (non-hydrogen) atoms. The summed E-state index contributed by atoms with van der Waals surface area (Å²) >= 11 is 1.20. The predicted molar refractivity (Wildman–Crippen MR) is 102 cm³/mol. The van der Waals surface area contributed by atoms with Gasteiger partial charge in [-0.2, -0.15) is 0 Å². The zero-order valence-electron chi connectivity index (χ0n) is 14.3. The summed E-state index contributed by atoms with van der Waals surface area (Å²) in [5.74, 6) is -0.203. The number of hydrogen-bond donors (Lipinski definition) is 2. The predicted octanol–water partition coefficient (Wildman–Crippen LogP) is 3.36. The monoisotopic (exact) mass is 373 g/mol. The first kappa shape index (κ1) is 16.2. The SMILES string of the molecule is NC1CCC(c2cc3c(cc2F)c(=O)c2c(=O)[nH]sc2n3C2CC2)CC1. The summed E-state index contributed by atoms with van der Waals surface area (Å²) in [6.45, 7) is 0. The van der Waals surface area contributed by atoms with Gasteiger partial charge in [0.15, 0.2) is 0 Å². The van der Waals surface area contributed by atoms with Crippen molar-refractivity contribution >= 4 is 32.7 Å². The number of benzene rings is 1. The zero-order chi connectivity index (χ0) is 18.0. The molecule has 1 aromatic carbocycles. The molecule has 2 aliphatic carbocycles. The summed E-state index contributed by atoms with van der Waals surface area (Å²) in [6, 6.07) is 3.69. The van der Waals surface area contributed by atoms with Crippen LogP contribution in [0.15, 0.2) is 21.7 Å². The first-order valence-corrected chi connectivity index (χ1v) is 10.0. The second kappa shape index (κ2) is 5.76. The van der Waals surface area contributed by atoms with Crippen LogP contribution < -0.4 is 16.7 Å². The number of hydrogen-bond acceptors (Lipinski definition) is 4. The van der Waals surface area contributed by atoms with Gasteiger partial charge in [0.1, 0.15) is 16.0 Å². The van der Waals surface area contributed by atoms with Gasteiger partial charge in [-0.05, 0) is 73.7 Å².